The van der Waals surface area contributed by atoms with Gasteiger partial charge in [0.1, 0.15) is 11.4 Å². The molecule has 2 unspecified atom stereocenters. The van der Waals surface area contributed by atoms with E-state index < -0.39 is 28.1 Å². The first-order valence-corrected chi connectivity index (χ1v) is 7.21. The van der Waals surface area contributed by atoms with Crippen LogP contribution in [0.2, 0.25) is 0 Å². The van der Waals surface area contributed by atoms with Crippen molar-refractivity contribution in [3.63, 3.8) is 0 Å². The van der Waals surface area contributed by atoms with Crippen molar-refractivity contribution in [3.8, 4) is 11.5 Å². The van der Waals surface area contributed by atoms with Crippen LogP contribution < -0.4 is 9.47 Å². The predicted octanol–water partition coefficient (Wildman–Crippen LogP) is 0.640. The Kier molecular flexibility index (Phi) is 5.75. The van der Waals surface area contributed by atoms with Gasteiger partial charge < -0.3 is 19.3 Å². The highest BCUT2D eigenvalue weighted by atomic mass is 32.2. The molecule has 0 bridgehead atoms. The van der Waals surface area contributed by atoms with Crippen LogP contribution in [0.5, 0.6) is 11.5 Å². The molecular weight excluding hydrogens is 288 g/mol. The molecule has 0 aliphatic rings. The second-order valence-electron chi connectivity index (χ2n) is 4.01. The maximum atomic E-state index is 11.5. The smallest absolute Gasteiger partial charge is 0.274 e. The lowest BCUT2D eigenvalue weighted by molar-refractivity contribution is 0.0439. The van der Waals surface area contributed by atoms with Crippen LogP contribution >= 0.6 is 0 Å². The van der Waals surface area contributed by atoms with E-state index in [2.05, 4.69) is 0 Å². The first kappa shape index (κ1) is 16.7. The van der Waals surface area contributed by atoms with Gasteiger partial charge in [-0.15, -0.1) is 0 Å². The number of benzene rings is 1. The van der Waals surface area contributed by atoms with Crippen LogP contribution in [0.4, 0.5) is 0 Å². The molecule has 0 fully saturated rings. The molecule has 114 valence electrons. The third kappa shape index (κ3) is 3.60. The van der Waals surface area contributed by atoms with E-state index in [0.29, 0.717) is 11.5 Å². The third-order valence-electron chi connectivity index (χ3n) is 2.88. The van der Waals surface area contributed by atoms with E-state index in [-0.39, 0.29) is 5.56 Å². The fraction of sp³-hybridized carbons (Fsp3) is 0.500. The van der Waals surface area contributed by atoms with E-state index >= 15 is 0 Å². The molecule has 2 atom stereocenters. The zero-order chi connectivity index (χ0) is 15.3. The van der Waals surface area contributed by atoms with Crippen LogP contribution in [0.15, 0.2) is 18.2 Å². The first-order valence-electron chi connectivity index (χ1n) is 5.70. The van der Waals surface area contributed by atoms with E-state index in [4.69, 9.17) is 14.2 Å². The van der Waals surface area contributed by atoms with Gasteiger partial charge in [-0.2, -0.15) is 8.42 Å². The molecule has 0 aliphatic heterocycles. The van der Waals surface area contributed by atoms with Gasteiger partial charge in [-0.05, 0) is 17.7 Å². The van der Waals surface area contributed by atoms with Gasteiger partial charge >= 0.3 is 0 Å². The molecule has 8 heteroatoms. The van der Waals surface area contributed by atoms with Crippen LogP contribution in [0.25, 0.3) is 0 Å². The Morgan fingerprint density at radius 2 is 1.75 bits per heavy atom. The molecular formula is C12H18O7S. The van der Waals surface area contributed by atoms with Crippen LogP contribution in [-0.2, 0) is 14.9 Å². The summed E-state index contributed by atoms with van der Waals surface area (Å²) in [5.74, 6) is 0.731. The largest absolute Gasteiger partial charge is 0.493 e. The molecule has 1 aromatic carbocycles. The Balaban J connectivity index is 3.35. The summed E-state index contributed by atoms with van der Waals surface area (Å²) >= 11 is 0. The monoisotopic (exact) mass is 306 g/mol. The molecule has 7 nitrogen and oxygen atoms in total. The Hall–Kier alpha value is -1.35. The van der Waals surface area contributed by atoms with Gasteiger partial charge in [-0.25, -0.2) is 0 Å². The standard InChI is InChI=1S/C12H18O7S/c1-17-9-5-4-8(6-10(9)18-2)12(20(14,15)16)11(7-13)19-3/h4-6,11-13H,7H2,1-3H3,(H,14,15,16). The van der Waals surface area contributed by atoms with E-state index in [1.54, 1.807) is 0 Å². The summed E-state index contributed by atoms with van der Waals surface area (Å²) in [5.41, 5.74) is 0.228. The average Bonchev–Trinajstić information content (AvgIpc) is 2.42. The zero-order valence-electron chi connectivity index (χ0n) is 11.4. The summed E-state index contributed by atoms with van der Waals surface area (Å²) in [4.78, 5) is 0. The molecule has 20 heavy (non-hydrogen) atoms. The van der Waals surface area contributed by atoms with E-state index in [9.17, 15) is 18.1 Å². The SMILES string of the molecule is COc1ccc(C(C(CO)OC)S(=O)(=O)O)cc1OC. The summed E-state index contributed by atoms with van der Waals surface area (Å²) in [7, 11) is -0.363. The molecule has 1 rings (SSSR count). The summed E-state index contributed by atoms with van der Waals surface area (Å²) in [6, 6.07) is 4.39. The van der Waals surface area contributed by atoms with Crippen LogP contribution in [0.3, 0.4) is 0 Å². The van der Waals surface area contributed by atoms with Gasteiger partial charge in [-0.3, -0.25) is 4.55 Å². The molecule has 0 aromatic heterocycles. The van der Waals surface area contributed by atoms with Gasteiger partial charge in [-0.1, -0.05) is 6.07 Å². The van der Waals surface area contributed by atoms with Crippen LogP contribution in [0, 0.1) is 0 Å². The van der Waals surface area contributed by atoms with Crippen molar-refractivity contribution >= 4 is 10.1 Å². The van der Waals surface area contributed by atoms with Crippen molar-refractivity contribution in [2.75, 3.05) is 27.9 Å². The number of methoxy groups -OCH3 is 3. The minimum Gasteiger partial charge on any atom is -0.493 e. The molecule has 0 aliphatic carbocycles. The summed E-state index contributed by atoms with van der Waals surface area (Å²) in [5, 5.41) is 7.77. The van der Waals surface area contributed by atoms with Gasteiger partial charge in [0.2, 0.25) is 0 Å². The molecule has 0 spiro atoms. The Morgan fingerprint density at radius 3 is 2.15 bits per heavy atom. The summed E-state index contributed by atoms with van der Waals surface area (Å²) in [6.07, 6.45) is -1.09. The molecule has 2 N–H and O–H groups in total. The second-order valence-corrected chi connectivity index (χ2v) is 5.54. The van der Waals surface area contributed by atoms with E-state index in [1.165, 1.54) is 39.5 Å². The van der Waals surface area contributed by atoms with E-state index in [1.807, 2.05) is 0 Å². The quantitative estimate of drug-likeness (QED) is 0.713. The normalized spacial score (nSPS) is 14.7. The van der Waals surface area contributed by atoms with Crippen molar-refractivity contribution < 1.29 is 32.3 Å². The fourth-order valence-corrected chi connectivity index (χ4v) is 2.97. The fourth-order valence-electron chi connectivity index (χ4n) is 1.90. The lowest BCUT2D eigenvalue weighted by Crippen LogP contribution is -2.30. The second kappa shape index (κ2) is 6.89. The lowest BCUT2D eigenvalue weighted by Gasteiger charge is -2.23. The number of ether oxygens (including phenoxy) is 3. The zero-order valence-corrected chi connectivity index (χ0v) is 12.3. The number of hydrogen-bond acceptors (Lipinski definition) is 6. The number of aliphatic hydroxyl groups excluding tert-OH is 1. The van der Waals surface area contributed by atoms with Crippen molar-refractivity contribution in [2.45, 2.75) is 11.4 Å². The Morgan fingerprint density at radius 1 is 1.15 bits per heavy atom. The maximum Gasteiger partial charge on any atom is 0.274 e. The van der Waals surface area contributed by atoms with Gasteiger partial charge in [0.15, 0.2) is 11.5 Å². The third-order valence-corrected chi connectivity index (χ3v) is 4.09. The van der Waals surface area contributed by atoms with Crippen molar-refractivity contribution in [3.05, 3.63) is 23.8 Å². The molecule has 0 radical (unpaired) electrons. The van der Waals surface area contributed by atoms with Crippen LogP contribution in [-0.4, -0.2) is 52.1 Å². The summed E-state index contributed by atoms with van der Waals surface area (Å²) < 4.78 is 47.5. The highest BCUT2D eigenvalue weighted by molar-refractivity contribution is 7.86. The first-order chi connectivity index (χ1) is 9.38. The van der Waals surface area contributed by atoms with Gasteiger partial charge in [0.05, 0.1) is 20.8 Å². The Labute approximate surface area is 117 Å². The van der Waals surface area contributed by atoms with Crippen molar-refractivity contribution in [2.24, 2.45) is 0 Å². The van der Waals surface area contributed by atoms with E-state index in [0.717, 1.165) is 0 Å². The minimum absolute atomic E-state index is 0.228. The molecule has 1 aromatic rings. The van der Waals surface area contributed by atoms with Gasteiger partial charge in [0.25, 0.3) is 10.1 Å². The van der Waals surface area contributed by atoms with Crippen molar-refractivity contribution in [1.82, 2.24) is 0 Å². The number of aliphatic hydroxyl groups is 1. The van der Waals surface area contributed by atoms with Crippen LogP contribution in [0.1, 0.15) is 10.8 Å². The molecule has 0 saturated carbocycles. The highest BCUT2D eigenvalue weighted by Gasteiger charge is 2.34. The average molecular weight is 306 g/mol. The van der Waals surface area contributed by atoms with Crippen molar-refractivity contribution in [1.29, 1.82) is 0 Å². The summed E-state index contributed by atoms with van der Waals surface area (Å²) in [6.45, 7) is -0.560. The predicted molar refractivity (Wildman–Crippen MR) is 71.7 cm³/mol. The lowest BCUT2D eigenvalue weighted by atomic mass is 10.1. The minimum atomic E-state index is -4.47. The topological polar surface area (TPSA) is 102 Å². The molecule has 0 amide bonds. The molecule has 0 heterocycles. The number of hydrogen-bond donors (Lipinski definition) is 2. The Bertz CT molecular complexity index is 537. The van der Waals surface area contributed by atoms with Gasteiger partial charge in [0, 0.05) is 7.11 Å². The maximum absolute atomic E-state index is 11.5. The molecule has 0 saturated heterocycles. The highest BCUT2D eigenvalue weighted by Crippen LogP contribution is 2.34. The number of rotatable bonds is 7.